The summed E-state index contributed by atoms with van der Waals surface area (Å²) >= 11 is 0. The van der Waals surface area contributed by atoms with Gasteiger partial charge in [0.25, 0.3) is 11.8 Å². The maximum atomic E-state index is 14.1. The number of rotatable bonds is 4. The topological polar surface area (TPSA) is 96.2 Å². The minimum atomic E-state index is -0.449. The minimum Gasteiger partial charge on any atom is -0.497 e. The Morgan fingerprint density at radius 1 is 0.865 bits per heavy atom. The highest BCUT2D eigenvalue weighted by molar-refractivity contribution is 6.46. The van der Waals surface area contributed by atoms with Gasteiger partial charge < -0.3 is 19.8 Å². The molecule has 3 aromatic carbocycles. The van der Waals surface area contributed by atoms with Crippen molar-refractivity contribution in [2.45, 2.75) is 6.54 Å². The zero-order valence-corrected chi connectivity index (χ0v) is 19.9. The van der Waals surface area contributed by atoms with Crippen molar-refractivity contribution in [1.82, 2.24) is 4.90 Å². The summed E-state index contributed by atoms with van der Waals surface area (Å²) in [6.45, 7) is 0.142. The molecule has 0 bridgehead atoms. The molecule has 2 N–H and O–H groups in total. The van der Waals surface area contributed by atoms with Crippen LogP contribution in [0.15, 0.2) is 106 Å². The number of anilines is 2. The number of aliphatic imine (C=N–C) groups is 1. The average Bonchev–Trinajstić information content (AvgIpc) is 3.36. The first kappa shape index (κ1) is 22.4. The smallest absolute Gasteiger partial charge is 0.281 e. The maximum Gasteiger partial charge on any atom is 0.281 e. The Hall–Kier alpha value is -5.11. The van der Waals surface area contributed by atoms with E-state index < -0.39 is 11.8 Å². The molecule has 6 rings (SSSR count). The molecule has 0 saturated carbocycles. The number of ether oxygens (including phenoxy) is 1. The molecular weight excluding hydrogens is 468 g/mol. The first-order valence-corrected chi connectivity index (χ1v) is 11.7. The number of nitrogens with one attached hydrogen (secondary N) is 2. The Kier molecular flexibility index (Phi) is 5.54. The Bertz CT molecular complexity index is 1570. The van der Waals surface area contributed by atoms with Gasteiger partial charge in [0.1, 0.15) is 11.4 Å². The largest absolute Gasteiger partial charge is 0.497 e. The second-order valence-electron chi connectivity index (χ2n) is 8.53. The second kappa shape index (κ2) is 9.16. The standard InChI is InChI=1S/C29H22N4O4/c1-36-20-14-12-18(13-15-20)25-27(28(34)32-23-10-5-4-9-22(23)31-25)33-17-19-7-2-3-8-21(19)30-26(29(33)35)24-11-6-16-37-24/h2-16,31H,17H2,1H3,(H,32,34). The molecule has 37 heavy (non-hydrogen) atoms. The third-order valence-electron chi connectivity index (χ3n) is 6.29. The van der Waals surface area contributed by atoms with Crippen LogP contribution in [0.1, 0.15) is 16.9 Å². The predicted molar refractivity (Wildman–Crippen MR) is 141 cm³/mol. The van der Waals surface area contributed by atoms with Crippen LogP contribution in [0.3, 0.4) is 0 Å². The van der Waals surface area contributed by atoms with Crippen LogP contribution in [0.5, 0.6) is 5.75 Å². The summed E-state index contributed by atoms with van der Waals surface area (Å²) in [5.74, 6) is 0.129. The zero-order valence-electron chi connectivity index (χ0n) is 19.9. The summed E-state index contributed by atoms with van der Waals surface area (Å²) < 4.78 is 10.9. The van der Waals surface area contributed by atoms with Crippen molar-refractivity contribution in [3.8, 4) is 5.75 Å². The Balaban J connectivity index is 1.57. The van der Waals surface area contributed by atoms with Crippen molar-refractivity contribution in [3.05, 3.63) is 114 Å². The number of carbonyl (C=O) groups excluding carboxylic acids is 2. The van der Waals surface area contributed by atoms with Crippen LogP contribution < -0.4 is 15.4 Å². The summed E-state index contributed by atoms with van der Waals surface area (Å²) in [6, 6.07) is 25.6. The number of benzene rings is 3. The van der Waals surface area contributed by atoms with Crippen molar-refractivity contribution in [3.63, 3.8) is 0 Å². The maximum absolute atomic E-state index is 14.1. The third-order valence-corrected chi connectivity index (χ3v) is 6.29. The normalized spacial score (nSPS) is 15.1. The molecule has 1 aromatic heterocycles. The summed E-state index contributed by atoms with van der Waals surface area (Å²) in [4.78, 5) is 34.1. The van der Waals surface area contributed by atoms with E-state index in [4.69, 9.17) is 9.15 Å². The van der Waals surface area contributed by atoms with Gasteiger partial charge in [0, 0.05) is 5.56 Å². The van der Waals surface area contributed by atoms with Gasteiger partial charge in [0.15, 0.2) is 11.5 Å². The molecule has 2 aliphatic rings. The molecule has 8 heteroatoms. The molecule has 2 aliphatic heterocycles. The lowest BCUT2D eigenvalue weighted by atomic mass is 10.1. The molecule has 8 nitrogen and oxygen atoms in total. The van der Waals surface area contributed by atoms with Gasteiger partial charge in [-0.3, -0.25) is 14.5 Å². The number of nitrogens with zero attached hydrogens (tertiary/aromatic N) is 2. The number of hydrogen-bond donors (Lipinski definition) is 2. The van der Waals surface area contributed by atoms with Gasteiger partial charge >= 0.3 is 0 Å². The molecule has 0 radical (unpaired) electrons. The molecule has 0 saturated heterocycles. The van der Waals surface area contributed by atoms with Crippen molar-refractivity contribution in [1.29, 1.82) is 0 Å². The SMILES string of the molecule is COc1ccc(C2=C(N3Cc4ccccc4N=C(c4ccco4)C3=O)C(=O)Nc3ccccc3N2)cc1. The van der Waals surface area contributed by atoms with E-state index in [1.807, 2.05) is 72.8 Å². The Labute approximate surface area is 212 Å². The van der Waals surface area contributed by atoms with E-state index in [1.54, 1.807) is 19.2 Å². The average molecular weight is 491 g/mol. The molecule has 182 valence electrons. The second-order valence-corrected chi connectivity index (χ2v) is 8.53. The van der Waals surface area contributed by atoms with Gasteiger partial charge in [-0.15, -0.1) is 0 Å². The molecule has 0 fully saturated rings. The van der Waals surface area contributed by atoms with Crippen LogP contribution >= 0.6 is 0 Å². The first-order valence-electron chi connectivity index (χ1n) is 11.7. The van der Waals surface area contributed by atoms with E-state index in [-0.39, 0.29) is 18.0 Å². The van der Waals surface area contributed by atoms with E-state index in [0.29, 0.717) is 39.8 Å². The van der Waals surface area contributed by atoms with E-state index in [0.717, 1.165) is 5.56 Å². The lowest BCUT2D eigenvalue weighted by Gasteiger charge is -2.25. The van der Waals surface area contributed by atoms with Crippen LogP contribution in [-0.2, 0) is 16.1 Å². The number of methoxy groups -OCH3 is 1. The molecule has 0 spiro atoms. The molecular formula is C29H22N4O4. The fraction of sp³-hybridized carbons (Fsp3) is 0.0690. The van der Waals surface area contributed by atoms with Crippen LogP contribution in [-0.4, -0.2) is 29.5 Å². The minimum absolute atomic E-state index is 0.117. The van der Waals surface area contributed by atoms with E-state index >= 15 is 0 Å². The predicted octanol–water partition coefficient (Wildman–Crippen LogP) is 5.18. The number of amides is 2. The van der Waals surface area contributed by atoms with Crippen molar-refractivity contribution < 1.29 is 18.7 Å². The van der Waals surface area contributed by atoms with Gasteiger partial charge in [0.2, 0.25) is 0 Å². The lowest BCUT2D eigenvalue weighted by Crippen LogP contribution is -2.39. The molecule has 0 unspecified atom stereocenters. The van der Waals surface area contributed by atoms with Crippen molar-refractivity contribution in [2.75, 3.05) is 17.7 Å². The van der Waals surface area contributed by atoms with Crippen LogP contribution in [0.4, 0.5) is 17.1 Å². The van der Waals surface area contributed by atoms with Crippen LogP contribution in [0.2, 0.25) is 0 Å². The number of fused-ring (bicyclic) bond motifs is 2. The molecule has 0 aliphatic carbocycles. The molecule has 4 aromatic rings. The lowest BCUT2D eigenvalue weighted by molar-refractivity contribution is -0.126. The van der Waals surface area contributed by atoms with Gasteiger partial charge in [0.05, 0.1) is 42.7 Å². The van der Waals surface area contributed by atoms with Crippen LogP contribution in [0.25, 0.3) is 5.70 Å². The van der Waals surface area contributed by atoms with Gasteiger partial charge in [-0.1, -0.05) is 30.3 Å². The third kappa shape index (κ3) is 4.04. The summed E-state index contributed by atoms with van der Waals surface area (Å²) in [6.07, 6.45) is 1.49. The van der Waals surface area contributed by atoms with Gasteiger partial charge in [-0.2, -0.15) is 0 Å². The number of carbonyl (C=O) groups is 2. The van der Waals surface area contributed by atoms with Crippen molar-refractivity contribution >= 4 is 40.3 Å². The molecule has 0 atom stereocenters. The number of furan rings is 1. The monoisotopic (exact) mass is 490 g/mol. The highest BCUT2D eigenvalue weighted by atomic mass is 16.5. The fourth-order valence-electron chi connectivity index (χ4n) is 4.46. The zero-order chi connectivity index (χ0) is 25.4. The van der Waals surface area contributed by atoms with Crippen LogP contribution in [0, 0.1) is 0 Å². The summed E-state index contributed by atoms with van der Waals surface area (Å²) in [7, 11) is 1.59. The van der Waals surface area contributed by atoms with E-state index in [1.165, 1.54) is 11.2 Å². The Morgan fingerprint density at radius 2 is 1.59 bits per heavy atom. The first-order chi connectivity index (χ1) is 18.1. The molecule has 3 heterocycles. The van der Waals surface area contributed by atoms with E-state index in [9.17, 15) is 9.59 Å². The van der Waals surface area contributed by atoms with Gasteiger partial charge in [-0.05, 0) is 60.2 Å². The highest BCUT2D eigenvalue weighted by Crippen LogP contribution is 2.36. The quantitative estimate of drug-likeness (QED) is 0.411. The molecule has 2 amide bonds. The van der Waals surface area contributed by atoms with Crippen molar-refractivity contribution in [2.24, 2.45) is 4.99 Å². The summed E-state index contributed by atoms with van der Waals surface area (Å²) in [5.41, 5.74) is 4.24. The Morgan fingerprint density at radius 3 is 2.32 bits per heavy atom. The van der Waals surface area contributed by atoms with Gasteiger partial charge in [-0.25, -0.2) is 4.99 Å². The number of hydrogen-bond acceptors (Lipinski definition) is 6. The highest BCUT2D eigenvalue weighted by Gasteiger charge is 2.36. The van der Waals surface area contributed by atoms with E-state index in [2.05, 4.69) is 15.6 Å². The number of para-hydroxylation sites is 3. The fourth-order valence-corrected chi connectivity index (χ4v) is 4.46. The summed E-state index contributed by atoms with van der Waals surface area (Å²) in [5, 5.41) is 6.37.